The second-order valence-corrected chi connectivity index (χ2v) is 6.52. The first-order valence-corrected chi connectivity index (χ1v) is 8.62. The third kappa shape index (κ3) is 4.36. The molecule has 0 aromatic heterocycles. The molecule has 0 aliphatic carbocycles. The lowest BCUT2D eigenvalue weighted by molar-refractivity contribution is 0.112. The second kappa shape index (κ2) is 8.01. The maximum absolute atomic E-state index is 12.3. The van der Waals surface area contributed by atoms with E-state index in [4.69, 9.17) is 0 Å². The van der Waals surface area contributed by atoms with Crippen LogP contribution < -0.4 is 4.72 Å². The average Bonchev–Trinajstić information content (AvgIpc) is 2.54. The van der Waals surface area contributed by atoms with Crippen LogP contribution in [-0.4, -0.2) is 10.8 Å². The average molecular weight is 315 g/mol. The van der Waals surface area contributed by atoms with Gasteiger partial charge in [0, 0.05) is 11.6 Å². The summed E-state index contributed by atoms with van der Waals surface area (Å²) in [7, 11) is 0. The molecule has 3 nitrogen and oxygen atoms in total. The Morgan fingerprint density at radius 2 is 1.91 bits per heavy atom. The van der Waals surface area contributed by atoms with Crippen LogP contribution in [0.2, 0.25) is 0 Å². The van der Waals surface area contributed by atoms with E-state index < -0.39 is 11.4 Å². The van der Waals surface area contributed by atoms with Crippen LogP contribution in [0.5, 0.6) is 0 Å². The van der Waals surface area contributed by atoms with Gasteiger partial charge in [0.2, 0.25) is 0 Å². The molecule has 2 aromatic carbocycles. The second-order valence-electron chi connectivity index (χ2n) is 5.31. The highest BCUT2D eigenvalue weighted by Gasteiger charge is 2.13. The number of aldehydes is 1. The predicted octanol–water partition coefficient (Wildman–Crippen LogP) is 4.28. The predicted molar refractivity (Wildman–Crippen MR) is 91.7 cm³/mol. The number of unbranched alkanes of at least 4 members (excludes halogenated alkanes) is 1. The summed E-state index contributed by atoms with van der Waals surface area (Å²) in [5, 5.41) is 0. The van der Waals surface area contributed by atoms with Crippen molar-refractivity contribution in [3.8, 4) is 0 Å². The van der Waals surface area contributed by atoms with Crippen LogP contribution in [0, 0.1) is 6.92 Å². The van der Waals surface area contributed by atoms with Crippen LogP contribution in [0.1, 0.15) is 41.3 Å². The summed E-state index contributed by atoms with van der Waals surface area (Å²) in [4.78, 5) is 11.6. The van der Waals surface area contributed by atoms with Gasteiger partial charge in [-0.3, -0.25) is 4.79 Å². The summed E-state index contributed by atoms with van der Waals surface area (Å²) in [5.41, 5.74) is 3.56. The molecule has 2 aromatic rings. The Morgan fingerprint density at radius 3 is 2.55 bits per heavy atom. The fourth-order valence-electron chi connectivity index (χ4n) is 2.15. The van der Waals surface area contributed by atoms with Crippen molar-refractivity contribution in [1.82, 2.24) is 0 Å². The molecule has 4 heteroatoms. The number of benzene rings is 2. The van der Waals surface area contributed by atoms with Crippen molar-refractivity contribution in [2.24, 2.45) is 0 Å². The van der Waals surface area contributed by atoms with Crippen LogP contribution in [0.4, 0.5) is 5.69 Å². The third-order valence-electron chi connectivity index (χ3n) is 3.58. The summed E-state index contributed by atoms with van der Waals surface area (Å²) < 4.78 is 15.3. The molecule has 22 heavy (non-hydrogen) atoms. The topological polar surface area (TPSA) is 52.2 Å². The standard InChI is InChI=1S/C18H21NO2S/c1-3-4-5-15-7-9-17(10-8-15)19-22(21)18-11-6-14(2)16(12-18)13-20/h6-13,19H,3-5H2,1-2H3. The maximum atomic E-state index is 12.3. The molecule has 0 bridgehead atoms. The minimum absolute atomic E-state index is 0.572. The van der Waals surface area contributed by atoms with E-state index in [9.17, 15) is 9.35 Å². The van der Waals surface area contributed by atoms with Gasteiger partial charge in [0.1, 0.15) is 11.4 Å². The van der Waals surface area contributed by atoms with Crippen LogP contribution in [0.15, 0.2) is 47.4 Å². The van der Waals surface area contributed by atoms with E-state index in [1.165, 1.54) is 18.4 Å². The molecule has 1 N–H and O–H groups in total. The molecule has 0 saturated carbocycles. The Bertz CT molecular complexity index is 625. The first-order chi connectivity index (χ1) is 10.6. The van der Waals surface area contributed by atoms with Gasteiger partial charge in [-0.1, -0.05) is 31.5 Å². The Labute approximate surface area is 135 Å². The van der Waals surface area contributed by atoms with Crippen LogP contribution in [-0.2, 0) is 17.8 Å². The van der Waals surface area contributed by atoms with Gasteiger partial charge in [-0.15, -0.1) is 0 Å². The number of hydrogen-bond donors (Lipinski definition) is 1. The van der Waals surface area contributed by atoms with Crippen molar-refractivity contribution in [2.75, 3.05) is 4.72 Å². The van der Waals surface area contributed by atoms with Gasteiger partial charge in [0.05, 0.1) is 5.69 Å². The molecule has 116 valence electrons. The molecule has 1 unspecified atom stereocenters. The largest absolute Gasteiger partial charge is 0.588 e. The van der Waals surface area contributed by atoms with Gasteiger partial charge in [0.25, 0.3) is 0 Å². The van der Waals surface area contributed by atoms with Crippen molar-refractivity contribution in [2.45, 2.75) is 38.0 Å². The Kier molecular flexibility index (Phi) is 6.04. The SMILES string of the molecule is CCCCc1ccc(N[S+]([O-])c2ccc(C)c(C=O)c2)cc1. The van der Waals surface area contributed by atoms with E-state index in [1.54, 1.807) is 12.1 Å². The lowest BCUT2D eigenvalue weighted by Gasteiger charge is -2.12. The smallest absolute Gasteiger partial charge is 0.180 e. The molecule has 0 aliphatic heterocycles. The molecule has 0 radical (unpaired) electrons. The minimum atomic E-state index is -1.38. The molecular formula is C18H21NO2S. The molecule has 0 heterocycles. The Hall–Kier alpha value is -1.78. The highest BCUT2D eigenvalue weighted by atomic mass is 32.2. The van der Waals surface area contributed by atoms with Crippen molar-refractivity contribution in [3.05, 3.63) is 59.2 Å². The number of carbonyl (C=O) groups is 1. The third-order valence-corrected chi connectivity index (χ3v) is 4.68. The molecule has 0 aliphatic rings. The normalized spacial score (nSPS) is 12.0. The van der Waals surface area contributed by atoms with Gasteiger partial charge in [0.15, 0.2) is 11.2 Å². The number of carbonyl (C=O) groups excluding carboxylic acids is 1. The first kappa shape index (κ1) is 16.6. The zero-order chi connectivity index (χ0) is 15.9. The number of hydrogen-bond acceptors (Lipinski definition) is 3. The molecular weight excluding hydrogens is 294 g/mol. The summed E-state index contributed by atoms with van der Waals surface area (Å²) in [6, 6.07) is 13.3. The quantitative estimate of drug-likeness (QED) is 0.612. The van der Waals surface area contributed by atoms with Crippen molar-refractivity contribution >= 4 is 23.3 Å². The Morgan fingerprint density at radius 1 is 1.18 bits per heavy atom. The summed E-state index contributed by atoms with van der Waals surface area (Å²) in [6.45, 7) is 4.03. The summed E-state index contributed by atoms with van der Waals surface area (Å²) >= 11 is -1.38. The summed E-state index contributed by atoms with van der Waals surface area (Å²) in [5.74, 6) is 0. The zero-order valence-electron chi connectivity index (χ0n) is 13.0. The molecule has 1 atom stereocenters. The first-order valence-electron chi connectivity index (χ1n) is 7.47. The maximum Gasteiger partial charge on any atom is 0.180 e. The van der Waals surface area contributed by atoms with E-state index in [0.717, 1.165) is 24.0 Å². The van der Waals surface area contributed by atoms with Crippen molar-refractivity contribution < 1.29 is 9.35 Å². The molecule has 2 rings (SSSR count). The Balaban J connectivity index is 2.05. The van der Waals surface area contributed by atoms with Crippen LogP contribution >= 0.6 is 0 Å². The van der Waals surface area contributed by atoms with Gasteiger partial charge in [-0.05, 0) is 49.1 Å². The molecule has 0 spiro atoms. The van der Waals surface area contributed by atoms with E-state index >= 15 is 0 Å². The minimum Gasteiger partial charge on any atom is -0.588 e. The highest BCUT2D eigenvalue weighted by molar-refractivity contribution is 7.92. The lowest BCUT2D eigenvalue weighted by atomic mass is 10.1. The monoisotopic (exact) mass is 315 g/mol. The highest BCUT2D eigenvalue weighted by Crippen LogP contribution is 2.19. The molecule has 0 saturated heterocycles. The lowest BCUT2D eigenvalue weighted by Crippen LogP contribution is -2.13. The number of rotatable bonds is 7. The fourth-order valence-corrected chi connectivity index (χ4v) is 3.04. The number of anilines is 1. The summed E-state index contributed by atoms with van der Waals surface area (Å²) in [6.07, 6.45) is 4.21. The van der Waals surface area contributed by atoms with E-state index in [2.05, 4.69) is 23.8 Å². The van der Waals surface area contributed by atoms with Gasteiger partial charge in [-0.2, -0.15) is 0 Å². The van der Waals surface area contributed by atoms with E-state index in [0.29, 0.717) is 10.5 Å². The molecule has 0 fully saturated rings. The van der Waals surface area contributed by atoms with Crippen LogP contribution in [0.3, 0.4) is 0 Å². The number of aryl methyl sites for hydroxylation is 2. The van der Waals surface area contributed by atoms with Gasteiger partial charge < -0.3 is 4.55 Å². The molecule has 0 amide bonds. The fraction of sp³-hybridized carbons (Fsp3) is 0.278. The van der Waals surface area contributed by atoms with E-state index in [1.807, 2.05) is 25.1 Å². The zero-order valence-corrected chi connectivity index (χ0v) is 13.8. The van der Waals surface area contributed by atoms with Gasteiger partial charge in [-0.25, -0.2) is 4.72 Å². The van der Waals surface area contributed by atoms with E-state index in [-0.39, 0.29) is 0 Å². The van der Waals surface area contributed by atoms with Crippen molar-refractivity contribution in [1.29, 1.82) is 0 Å². The van der Waals surface area contributed by atoms with Crippen molar-refractivity contribution in [3.63, 3.8) is 0 Å². The number of nitrogens with one attached hydrogen (secondary N) is 1. The van der Waals surface area contributed by atoms with Gasteiger partial charge >= 0.3 is 0 Å². The van der Waals surface area contributed by atoms with Crippen LogP contribution in [0.25, 0.3) is 0 Å².